The normalized spacial score (nSPS) is 9.42. The molecule has 0 saturated carbocycles. The molecule has 0 aromatic heterocycles. The Labute approximate surface area is 73.6 Å². The molecule has 0 radical (unpaired) electrons. The second-order valence-corrected chi connectivity index (χ2v) is 2.51. The van der Waals surface area contributed by atoms with Crippen LogP contribution in [0.3, 0.4) is 0 Å². The van der Waals surface area contributed by atoms with Crippen molar-refractivity contribution in [2.45, 2.75) is 0 Å². The van der Waals surface area contributed by atoms with Gasteiger partial charge in [-0.3, -0.25) is 9.59 Å². The van der Waals surface area contributed by atoms with Crippen molar-refractivity contribution < 1.29 is 14.7 Å². The molecule has 1 aromatic carbocycles. The number of benzene rings is 1. The van der Waals surface area contributed by atoms with Gasteiger partial charge in [-0.25, -0.2) is 0 Å². The average Bonchev–Trinajstić information content (AvgIpc) is 2.05. The van der Waals surface area contributed by atoms with Crippen LogP contribution in [0.15, 0.2) is 18.2 Å². The Balaban J connectivity index is 3.25. The number of halogens is 1. The molecule has 62 valence electrons. The van der Waals surface area contributed by atoms with E-state index in [0.29, 0.717) is 11.8 Å². The van der Waals surface area contributed by atoms with E-state index in [0.717, 1.165) is 0 Å². The van der Waals surface area contributed by atoms with Crippen LogP contribution in [0.4, 0.5) is 0 Å². The molecule has 0 spiro atoms. The van der Waals surface area contributed by atoms with Gasteiger partial charge in [0.2, 0.25) is 0 Å². The van der Waals surface area contributed by atoms with E-state index >= 15 is 0 Å². The molecule has 1 N–H and O–H groups in total. The maximum Gasteiger partial charge on any atom is 0.256 e. The minimum atomic E-state index is -0.781. The zero-order valence-electron chi connectivity index (χ0n) is 5.95. The van der Waals surface area contributed by atoms with Crippen LogP contribution in [0.1, 0.15) is 20.7 Å². The summed E-state index contributed by atoms with van der Waals surface area (Å²) in [6.07, 6.45) is 0.572. The number of hydrogen-bond donors (Lipinski definition) is 1. The fraction of sp³-hybridized carbons (Fsp3) is 0. The van der Waals surface area contributed by atoms with Crippen LogP contribution < -0.4 is 0 Å². The Morgan fingerprint density at radius 1 is 1.50 bits per heavy atom. The molecule has 0 bridgehead atoms. The summed E-state index contributed by atoms with van der Waals surface area (Å²) >= 11 is 5.12. The number of aldehydes is 1. The van der Waals surface area contributed by atoms with Crippen molar-refractivity contribution >= 4 is 23.1 Å². The van der Waals surface area contributed by atoms with E-state index in [1.54, 1.807) is 0 Å². The Kier molecular flexibility index (Phi) is 2.45. The van der Waals surface area contributed by atoms with E-state index in [4.69, 9.17) is 16.7 Å². The number of phenols is 1. The van der Waals surface area contributed by atoms with Gasteiger partial charge in [0.15, 0.2) is 0 Å². The largest absolute Gasteiger partial charge is 0.507 e. The lowest BCUT2D eigenvalue weighted by molar-refractivity contribution is 0.107. The quantitative estimate of drug-likeness (QED) is 0.561. The molecule has 0 amide bonds. The van der Waals surface area contributed by atoms with Crippen molar-refractivity contribution in [2.75, 3.05) is 0 Å². The molecule has 0 saturated heterocycles. The number of aromatic hydroxyl groups is 1. The van der Waals surface area contributed by atoms with Gasteiger partial charge in [-0.15, -0.1) is 0 Å². The summed E-state index contributed by atoms with van der Waals surface area (Å²) in [7, 11) is 0. The zero-order chi connectivity index (χ0) is 9.14. The SMILES string of the molecule is O=Cc1ccc(O)c(C(=O)Cl)c1. The molecule has 0 aliphatic heterocycles. The monoisotopic (exact) mass is 184 g/mol. The van der Waals surface area contributed by atoms with Crippen molar-refractivity contribution in [3.05, 3.63) is 29.3 Å². The van der Waals surface area contributed by atoms with Gasteiger partial charge < -0.3 is 5.11 Å². The van der Waals surface area contributed by atoms with E-state index < -0.39 is 5.24 Å². The van der Waals surface area contributed by atoms with E-state index in [1.165, 1.54) is 18.2 Å². The Morgan fingerprint density at radius 2 is 2.17 bits per heavy atom. The minimum Gasteiger partial charge on any atom is -0.507 e. The third-order valence-corrected chi connectivity index (χ3v) is 1.57. The molecular formula is C8H5ClO3. The van der Waals surface area contributed by atoms with Gasteiger partial charge in [0.05, 0.1) is 5.56 Å². The maximum absolute atomic E-state index is 10.6. The van der Waals surface area contributed by atoms with E-state index in [1.807, 2.05) is 0 Å². The highest BCUT2D eigenvalue weighted by molar-refractivity contribution is 6.68. The van der Waals surface area contributed by atoms with Crippen molar-refractivity contribution in [1.82, 2.24) is 0 Å². The molecule has 1 aromatic rings. The molecule has 0 heterocycles. The molecule has 3 nitrogen and oxygen atoms in total. The molecular weight excluding hydrogens is 180 g/mol. The Hall–Kier alpha value is -1.35. The van der Waals surface area contributed by atoms with Gasteiger partial charge in [-0.1, -0.05) is 0 Å². The first-order chi connectivity index (χ1) is 5.65. The molecule has 0 atom stereocenters. The van der Waals surface area contributed by atoms with Gasteiger partial charge in [0.1, 0.15) is 12.0 Å². The lowest BCUT2D eigenvalue weighted by Gasteiger charge is -1.98. The summed E-state index contributed by atoms with van der Waals surface area (Å²) in [5, 5.41) is 8.30. The third kappa shape index (κ3) is 1.62. The molecule has 0 aliphatic rings. The fourth-order valence-corrected chi connectivity index (χ4v) is 0.936. The summed E-state index contributed by atoms with van der Waals surface area (Å²) in [5.74, 6) is -0.222. The van der Waals surface area contributed by atoms with Gasteiger partial charge in [-0.2, -0.15) is 0 Å². The predicted molar refractivity (Wildman–Crippen MR) is 43.7 cm³/mol. The molecule has 0 unspecified atom stereocenters. The van der Waals surface area contributed by atoms with Crippen molar-refractivity contribution in [3.8, 4) is 5.75 Å². The number of carbonyl (C=O) groups excluding carboxylic acids is 2. The third-order valence-electron chi connectivity index (χ3n) is 1.37. The van der Waals surface area contributed by atoms with Gasteiger partial charge in [0, 0.05) is 5.56 Å². The van der Waals surface area contributed by atoms with Crippen LogP contribution >= 0.6 is 11.6 Å². The molecule has 4 heteroatoms. The number of rotatable bonds is 2. The second-order valence-electron chi connectivity index (χ2n) is 2.17. The molecule has 0 aliphatic carbocycles. The summed E-state index contributed by atoms with van der Waals surface area (Å²) < 4.78 is 0. The lowest BCUT2D eigenvalue weighted by atomic mass is 10.1. The van der Waals surface area contributed by atoms with Gasteiger partial charge in [0.25, 0.3) is 5.24 Å². The average molecular weight is 185 g/mol. The molecule has 12 heavy (non-hydrogen) atoms. The van der Waals surface area contributed by atoms with Crippen LogP contribution in [0.5, 0.6) is 5.75 Å². The van der Waals surface area contributed by atoms with Crippen molar-refractivity contribution in [2.24, 2.45) is 0 Å². The van der Waals surface area contributed by atoms with Crippen LogP contribution in [0.2, 0.25) is 0 Å². The Bertz CT molecular complexity index is 333. The first kappa shape index (κ1) is 8.74. The second kappa shape index (κ2) is 3.36. The van der Waals surface area contributed by atoms with Crippen LogP contribution in [0.25, 0.3) is 0 Å². The number of carbonyl (C=O) groups is 2. The topological polar surface area (TPSA) is 54.4 Å². The number of phenolic OH excluding ortho intramolecular Hbond substituents is 1. The highest BCUT2D eigenvalue weighted by Gasteiger charge is 2.08. The predicted octanol–water partition coefficient (Wildman–Crippen LogP) is 1.58. The summed E-state index contributed by atoms with van der Waals surface area (Å²) in [4.78, 5) is 20.9. The highest BCUT2D eigenvalue weighted by Crippen LogP contribution is 2.19. The summed E-state index contributed by atoms with van der Waals surface area (Å²) in [6.45, 7) is 0. The standard InChI is InChI=1S/C8H5ClO3/c9-8(12)6-3-5(4-10)1-2-7(6)11/h1-4,11H. The van der Waals surface area contributed by atoms with Crippen molar-refractivity contribution in [1.29, 1.82) is 0 Å². The van der Waals surface area contributed by atoms with Crippen LogP contribution in [0, 0.1) is 0 Å². The Morgan fingerprint density at radius 3 is 2.67 bits per heavy atom. The lowest BCUT2D eigenvalue weighted by Crippen LogP contribution is -1.91. The highest BCUT2D eigenvalue weighted by atomic mass is 35.5. The molecule has 1 rings (SSSR count). The molecule has 0 fully saturated rings. The zero-order valence-corrected chi connectivity index (χ0v) is 6.71. The number of hydrogen-bond acceptors (Lipinski definition) is 3. The summed E-state index contributed by atoms with van der Waals surface area (Å²) in [6, 6.07) is 3.88. The van der Waals surface area contributed by atoms with E-state index in [2.05, 4.69) is 0 Å². The maximum atomic E-state index is 10.6. The first-order valence-corrected chi connectivity index (χ1v) is 3.51. The first-order valence-electron chi connectivity index (χ1n) is 3.13. The van der Waals surface area contributed by atoms with E-state index in [9.17, 15) is 9.59 Å². The van der Waals surface area contributed by atoms with Gasteiger partial charge >= 0.3 is 0 Å². The van der Waals surface area contributed by atoms with E-state index in [-0.39, 0.29) is 11.3 Å². The van der Waals surface area contributed by atoms with Crippen LogP contribution in [-0.4, -0.2) is 16.6 Å². The fourth-order valence-electron chi connectivity index (χ4n) is 0.784. The smallest absolute Gasteiger partial charge is 0.256 e. The van der Waals surface area contributed by atoms with Gasteiger partial charge in [-0.05, 0) is 29.8 Å². The minimum absolute atomic E-state index is 0.0544. The van der Waals surface area contributed by atoms with Crippen molar-refractivity contribution in [3.63, 3.8) is 0 Å². The van der Waals surface area contributed by atoms with Crippen LogP contribution in [-0.2, 0) is 0 Å². The summed E-state index contributed by atoms with van der Waals surface area (Å²) in [5.41, 5.74) is 0.248.